The molecule has 0 amide bonds. The van der Waals surface area contributed by atoms with E-state index in [0.717, 1.165) is 83.5 Å². The lowest BCUT2D eigenvalue weighted by Gasteiger charge is -2.18. The lowest BCUT2D eigenvalue weighted by molar-refractivity contribution is -0.167. The molecule has 0 aromatic carbocycles. The van der Waals surface area contributed by atoms with Crippen molar-refractivity contribution in [3.05, 3.63) is 36.5 Å². The van der Waals surface area contributed by atoms with Gasteiger partial charge in [0.2, 0.25) is 0 Å². The van der Waals surface area contributed by atoms with Gasteiger partial charge in [-0.3, -0.25) is 14.4 Å². The van der Waals surface area contributed by atoms with Crippen LogP contribution in [0.25, 0.3) is 0 Å². The first-order chi connectivity index (χ1) is 28.0. The van der Waals surface area contributed by atoms with Gasteiger partial charge in [-0.25, -0.2) is 0 Å². The lowest BCUT2D eigenvalue weighted by Crippen LogP contribution is -2.30. The van der Waals surface area contributed by atoms with Crippen molar-refractivity contribution in [1.29, 1.82) is 0 Å². The number of ether oxygens (including phenoxy) is 3. The highest BCUT2D eigenvalue weighted by atomic mass is 16.6. The molecule has 0 rings (SSSR count). The Morgan fingerprint density at radius 3 is 1.04 bits per heavy atom. The monoisotopic (exact) mass is 801 g/mol. The van der Waals surface area contributed by atoms with Crippen molar-refractivity contribution in [2.24, 2.45) is 0 Å². The normalized spacial score (nSPS) is 12.3. The van der Waals surface area contributed by atoms with Crippen molar-refractivity contribution >= 4 is 17.9 Å². The van der Waals surface area contributed by atoms with Gasteiger partial charge in [-0.05, 0) is 64.2 Å². The Hall–Kier alpha value is -2.37. The fourth-order valence-corrected chi connectivity index (χ4v) is 6.85. The summed E-state index contributed by atoms with van der Waals surface area (Å²) in [6.45, 7) is 6.55. The fraction of sp³-hybridized carbons (Fsp3) is 0.824. The number of unbranched alkanes of at least 4 members (excludes halogenated alkanes) is 27. The summed E-state index contributed by atoms with van der Waals surface area (Å²) in [5.41, 5.74) is 0. The zero-order valence-electron chi connectivity index (χ0n) is 37.9. The molecule has 0 saturated heterocycles. The molecule has 0 aromatic rings. The molecule has 57 heavy (non-hydrogen) atoms. The number of esters is 3. The first-order valence-corrected chi connectivity index (χ1v) is 24.5. The van der Waals surface area contributed by atoms with E-state index in [1.165, 1.54) is 128 Å². The first kappa shape index (κ1) is 54.6. The highest BCUT2D eigenvalue weighted by molar-refractivity contribution is 5.71. The second-order valence-corrected chi connectivity index (χ2v) is 16.4. The molecule has 0 N–H and O–H groups in total. The van der Waals surface area contributed by atoms with Crippen molar-refractivity contribution in [2.45, 2.75) is 258 Å². The van der Waals surface area contributed by atoms with E-state index in [1.807, 2.05) is 0 Å². The molecule has 332 valence electrons. The third-order valence-corrected chi connectivity index (χ3v) is 10.6. The molecule has 0 radical (unpaired) electrons. The van der Waals surface area contributed by atoms with Crippen LogP contribution in [-0.2, 0) is 28.6 Å². The van der Waals surface area contributed by atoms with Crippen LogP contribution in [0.3, 0.4) is 0 Å². The zero-order chi connectivity index (χ0) is 41.5. The molecule has 0 aromatic heterocycles. The number of carbonyl (C=O) groups excluding carboxylic acids is 3. The van der Waals surface area contributed by atoms with E-state index in [4.69, 9.17) is 14.2 Å². The van der Waals surface area contributed by atoms with E-state index in [2.05, 4.69) is 57.2 Å². The van der Waals surface area contributed by atoms with Crippen LogP contribution in [0.2, 0.25) is 0 Å². The Morgan fingerprint density at radius 2 is 0.649 bits per heavy atom. The summed E-state index contributed by atoms with van der Waals surface area (Å²) >= 11 is 0. The molecule has 0 aliphatic carbocycles. The maximum Gasteiger partial charge on any atom is 0.306 e. The molecule has 0 fully saturated rings. The summed E-state index contributed by atoms with van der Waals surface area (Å²) in [4.78, 5) is 37.8. The smallest absolute Gasteiger partial charge is 0.306 e. The quantitative estimate of drug-likeness (QED) is 0.0264. The average Bonchev–Trinajstić information content (AvgIpc) is 3.21. The van der Waals surface area contributed by atoms with E-state index in [-0.39, 0.29) is 31.1 Å². The van der Waals surface area contributed by atoms with E-state index in [9.17, 15) is 14.4 Å². The second kappa shape index (κ2) is 46.3. The number of allylic oxidation sites excluding steroid dienone is 6. The van der Waals surface area contributed by atoms with Crippen LogP contribution in [-0.4, -0.2) is 37.2 Å². The zero-order valence-corrected chi connectivity index (χ0v) is 37.9. The summed E-state index contributed by atoms with van der Waals surface area (Å²) in [7, 11) is 0. The fourth-order valence-electron chi connectivity index (χ4n) is 6.85. The summed E-state index contributed by atoms with van der Waals surface area (Å²) in [5.74, 6) is -0.895. The van der Waals surface area contributed by atoms with Gasteiger partial charge in [-0.15, -0.1) is 0 Å². The van der Waals surface area contributed by atoms with Gasteiger partial charge in [-0.2, -0.15) is 0 Å². The predicted octanol–water partition coefficient (Wildman–Crippen LogP) is 15.8. The Balaban J connectivity index is 4.38. The molecule has 0 aliphatic rings. The minimum Gasteiger partial charge on any atom is -0.462 e. The minimum atomic E-state index is -0.776. The van der Waals surface area contributed by atoms with Crippen LogP contribution in [0.5, 0.6) is 0 Å². The van der Waals surface area contributed by atoms with E-state index >= 15 is 0 Å². The summed E-state index contributed by atoms with van der Waals surface area (Å²) in [6, 6.07) is 0. The third kappa shape index (κ3) is 44.6. The summed E-state index contributed by atoms with van der Waals surface area (Å²) in [5, 5.41) is 0. The number of hydrogen-bond donors (Lipinski definition) is 0. The van der Waals surface area contributed by atoms with Crippen molar-refractivity contribution in [3.63, 3.8) is 0 Å². The maximum atomic E-state index is 12.8. The highest BCUT2D eigenvalue weighted by Gasteiger charge is 2.19. The van der Waals surface area contributed by atoms with Crippen molar-refractivity contribution in [2.75, 3.05) is 13.2 Å². The molecule has 1 atom stereocenters. The van der Waals surface area contributed by atoms with E-state index < -0.39 is 6.10 Å². The van der Waals surface area contributed by atoms with Gasteiger partial charge in [0.25, 0.3) is 0 Å². The molecule has 6 heteroatoms. The Kier molecular flexibility index (Phi) is 44.4. The van der Waals surface area contributed by atoms with Crippen LogP contribution in [0, 0.1) is 0 Å². The van der Waals surface area contributed by atoms with Gasteiger partial charge >= 0.3 is 17.9 Å². The third-order valence-electron chi connectivity index (χ3n) is 10.6. The molecule has 0 heterocycles. The molecule has 0 spiro atoms. The van der Waals surface area contributed by atoms with Gasteiger partial charge in [0, 0.05) is 19.3 Å². The van der Waals surface area contributed by atoms with Crippen LogP contribution < -0.4 is 0 Å². The Morgan fingerprint density at radius 1 is 0.351 bits per heavy atom. The van der Waals surface area contributed by atoms with Gasteiger partial charge in [0.15, 0.2) is 6.10 Å². The largest absolute Gasteiger partial charge is 0.462 e. The standard InChI is InChI=1S/C51H92O6/c1-4-7-10-13-16-19-22-24-26-29-32-35-38-41-44-50(53)56-47-48(46-55-49(52)43-40-37-34-31-28-21-18-15-12-9-6-3)57-51(54)45-42-39-36-33-30-27-25-23-20-17-14-11-8-5-2/h13,15-16,18,22,24,48H,4-12,14,17,19-21,23,25-47H2,1-3H3/b16-13-,18-15-,24-22-. The maximum absolute atomic E-state index is 12.8. The van der Waals surface area contributed by atoms with Crippen LogP contribution >= 0.6 is 0 Å². The SMILES string of the molecule is CCCC/C=C\C/C=C\CCCCCCCC(=O)OCC(COC(=O)CCCCCCC/C=C\CCCC)OC(=O)CCCCCCCCCCCCCCCC. The van der Waals surface area contributed by atoms with Crippen molar-refractivity contribution in [3.8, 4) is 0 Å². The lowest BCUT2D eigenvalue weighted by atomic mass is 10.0. The summed E-state index contributed by atoms with van der Waals surface area (Å²) < 4.78 is 16.7. The molecule has 6 nitrogen and oxygen atoms in total. The van der Waals surface area contributed by atoms with Gasteiger partial charge < -0.3 is 14.2 Å². The van der Waals surface area contributed by atoms with Crippen molar-refractivity contribution < 1.29 is 28.6 Å². The second-order valence-electron chi connectivity index (χ2n) is 16.4. The minimum absolute atomic E-state index is 0.0788. The van der Waals surface area contributed by atoms with Gasteiger partial charge in [-0.1, -0.05) is 205 Å². The molecule has 0 aliphatic heterocycles. The van der Waals surface area contributed by atoms with Crippen LogP contribution in [0.4, 0.5) is 0 Å². The van der Waals surface area contributed by atoms with E-state index in [0.29, 0.717) is 19.3 Å². The van der Waals surface area contributed by atoms with Gasteiger partial charge in [0.05, 0.1) is 0 Å². The molecular weight excluding hydrogens is 709 g/mol. The van der Waals surface area contributed by atoms with Crippen LogP contribution in [0.15, 0.2) is 36.5 Å². The Labute approximate surface area is 353 Å². The van der Waals surface area contributed by atoms with Crippen molar-refractivity contribution in [1.82, 2.24) is 0 Å². The highest BCUT2D eigenvalue weighted by Crippen LogP contribution is 2.15. The predicted molar refractivity (Wildman–Crippen MR) is 242 cm³/mol. The average molecular weight is 801 g/mol. The number of hydrogen-bond acceptors (Lipinski definition) is 6. The molecular formula is C51H92O6. The number of rotatable bonds is 44. The molecule has 0 bridgehead atoms. The van der Waals surface area contributed by atoms with Crippen LogP contribution in [0.1, 0.15) is 252 Å². The topological polar surface area (TPSA) is 78.9 Å². The summed E-state index contributed by atoms with van der Waals surface area (Å²) in [6.07, 6.45) is 52.6. The first-order valence-electron chi connectivity index (χ1n) is 24.5. The van der Waals surface area contributed by atoms with E-state index in [1.54, 1.807) is 0 Å². The van der Waals surface area contributed by atoms with Gasteiger partial charge in [0.1, 0.15) is 13.2 Å². The number of carbonyl (C=O) groups is 3. The Bertz CT molecular complexity index is 969. The molecule has 0 saturated carbocycles. The molecule has 1 unspecified atom stereocenters.